The molecule has 1 aromatic carbocycles. The van der Waals surface area contributed by atoms with Gasteiger partial charge in [-0.2, -0.15) is 0 Å². The lowest BCUT2D eigenvalue weighted by Crippen LogP contribution is -2.44. The normalized spacial score (nSPS) is 21.8. The van der Waals surface area contributed by atoms with Crippen LogP contribution >= 0.6 is 0 Å². The standard InChI is InChI=1S/C21H36N4O/c1-6-22-21(23-11-16(2)3)24-12-19-7-9-20(10-8-19)15-25-13-17(4)26-18(5)14-25/h7-10,16-18H,6,11-15H2,1-5H3,(H2,22,23,24). The fourth-order valence-corrected chi connectivity index (χ4v) is 3.23. The molecular formula is C21H36N4O. The molecule has 26 heavy (non-hydrogen) atoms. The van der Waals surface area contributed by atoms with Gasteiger partial charge in [0.25, 0.3) is 0 Å². The lowest BCUT2D eigenvalue weighted by molar-refractivity contribution is -0.0704. The van der Waals surface area contributed by atoms with Gasteiger partial charge in [0.15, 0.2) is 5.96 Å². The monoisotopic (exact) mass is 360 g/mol. The fourth-order valence-electron chi connectivity index (χ4n) is 3.23. The number of hydrogen-bond donors (Lipinski definition) is 2. The number of nitrogens with one attached hydrogen (secondary N) is 2. The van der Waals surface area contributed by atoms with Crippen LogP contribution in [0.1, 0.15) is 45.7 Å². The number of nitrogens with zero attached hydrogens (tertiary/aromatic N) is 2. The van der Waals surface area contributed by atoms with Crippen molar-refractivity contribution in [2.24, 2.45) is 10.9 Å². The van der Waals surface area contributed by atoms with Crippen molar-refractivity contribution in [1.29, 1.82) is 0 Å². The van der Waals surface area contributed by atoms with Gasteiger partial charge in [0.05, 0.1) is 18.8 Å². The van der Waals surface area contributed by atoms with E-state index in [1.807, 2.05) is 0 Å². The summed E-state index contributed by atoms with van der Waals surface area (Å²) in [6.45, 7) is 16.3. The molecule has 2 atom stereocenters. The predicted molar refractivity (Wildman–Crippen MR) is 109 cm³/mol. The van der Waals surface area contributed by atoms with E-state index in [9.17, 15) is 0 Å². The smallest absolute Gasteiger partial charge is 0.191 e. The highest BCUT2D eigenvalue weighted by Crippen LogP contribution is 2.15. The molecule has 1 saturated heterocycles. The summed E-state index contributed by atoms with van der Waals surface area (Å²) in [7, 11) is 0. The van der Waals surface area contributed by atoms with Crippen molar-refractivity contribution in [3.8, 4) is 0 Å². The molecule has 5 heteroatoms. The van der Waals surface area contributed by atoms with E-state index in [-0.39, 0.29) is 0 Å². The third-order valence-electron chi connectivity index (χ3n) is 4.37. The Hall–Kier alpha value is -1.59. The van der Waals surface area contributed by atoms with Crippen molar-refractivity contribution in [3.05, 3.63) is 35.4 Å². The molecule has 0 radical (unpaired) electrons. The Balaban J connectivity index is 1.88. The molecule has 0 saturated carbocycles. The van der Waals surface area contributed by atoms with E-state index in [0.29, 0.717) is 24.7 Å². The highest BCUT2D eigenvalue weighted by atomic mass is 16.5. The summed E-state index contributed by atoms with van der Waals surface area (Å²) >= 11 is 0. The molecule has 2 unspecified atom stereocenters. The van der Waals surface area contributed by atoms with Crippen LogP contribution < -0.4 is 10.6 Å². The summed E-state index contributed by atoms with van der Waals surface area (Å²) in [4.78, 5) is 7.17. The molecule has 1 aliphatic heterocycles. The average Bonchev–Trinajstić information content (AvgIpc) is 2.57. The number of hydrogen-bond acceptors (Lipinski definition) is 3. The van der Waals surface area contributed by atoms with Gasteiger partial charge in [-0.1, -0.05) is 38.1 Å². The van der Waals surface area contributed by atoms with E-state index in [1.54, 1.807) is 0 Å². The highest BCUT2D eigenvalue weighted by molar-refractivity contribution is 5.79. The quantitative estimate of drug-likeness (QED) is 0.580. The van der Waals surface area contributed by atoms with E-state index in [2.05, 4.69) is 79.4 Å². The molecule has 0 amide bonds. The van der Waals surface area contributed by atoms with E-state index in [1.165, 1.54) is 11.1 Å². The Bertz CT molecular complexity index is 546. The van der Waals surface area contributed by atoms with Gasteiger partial charge in [0, 0.05) is 32.7 Å². The number of aliphatic imine (C=N–C) groups is 1. The first-order valence-corrected chi connectivity index (χ1v) is 9.94. The van der Waals surface area contributed by atoms with Crippen LogP contribution in [-0.4, -0.2) is 49.2 Å². The zero-order chi connectivity index (χ0) is 18.9. The number of benzene rings is 1. The molecule has 2 rings (SSSR count). The van der Waals surface area contributed by atoms with Crippen LogP contribution in [0.5, 0.6) is 0 Å². The first-order valence-electron chi connectivity index (χ1n) is 9.94. The predicted octanol–water partition coefficient (Wildman–Crippen LogP) is 3.01. The first-order chi connectivity index (χ1) is 12.5. The van der Waals surface area contributed by atoms with Gasteiger partial charge >= 0.3 is 0 Å². The summed E-state index contributed by atoms with van der Waals surface area (Å²) in [6, 6.07) is 8.84. The Labute approximate surface area is 159 Å². The Kier molecular flexibility index (Phi) is 8.39. The molecule has 146 valence electrons. The van der Waals surface area contributed by atoms with Crippen LogP contribution in [0.4, 0.5) is 0 Å². The number of rotatable bonds is 7. The second-order valence-electron chi connectivity index (χ2n) is 7.74. The summed E-state index contributed by atoms with van der Waals surface area (Å²) in [5, 5.41) is 6.69. The van der Waals surface area contributed by atoms with Crippen LogP contribution in [0.3, 0.4) is 0 Å². The van der Waals surface area contributed by atoms with Crippen molar-refractivity contribution >= 4 is 5.96 Å². The molecule has 5 nitrogen and oxygen atoms in total. The van der Waals surface area contributed by atoms with Gasteiger partial charge < -0.3 is 15.4 Å². The van der Waals surface area contributed by atoms with Crippen LogP contribution in [0.2, 0.25) is 0 Å². The fraction of sp³-hybridized carbons (Fsp3) is 0.667. The maximum atomic E-state index is 5.81. The molecule has 2 N–H and O–H groups in total. The Morgan fingerprint density at radius 1 is 1.12 bits per heavy atom. The summed E-state index contributed by atoms with van der Waals surface area (Å²) in [6.07, 6.45) is 0.630. The minimum absolute atomic E-state index is 0.315. The van der Waals surface area contributed by atoms with E-state index < -0.39 is 0 Å². The molecule has 0 bridgehead atoms. The van der Waals surface area contributed by atoms with Gasteiger partial charge in [0.2, 0.25) is 0 Å². The highest BCUT2D eigenvalue weighted by Gasteiger charge is 2.21. The second kappa shape index (κ2) is 10.5. The molecule has 0 aliphatic carbocycles. The lowest BCUT2D eigenvalue weighted by atomic mass is 10.1. The van der Waals surface area contributed by atoms with Crippen molar-refractivity contribution in [2.75, 3.05) is 26.2 Å². The lowest BCUT2D eigenvalue weighted by Gasteiger charge is -2.35. The molecule has 1 aromatic rings. The minimum atomic E-state index is 0.315. The molecular weight excluding hydrogens is 324 g/mol. The molecule has 1 aliphatic rings. The Morgan fingerprint density at radius 3 is 2.31 bits per heavy atom. The molecule has 0 aromatic heterocycles. The van der Waals surface area contributed by atoms with Crippen molar-refractivity contribution in [3.63, 3.8) is 0 Å². The maximum Gasteiger partial charge on any atom is 0.191 e. The molecule has 0 spiro atoms. The topological polar surface area (TPSA) is 48.9 Å². The van der Waals surface area contributed by atoms with E-state index >= 15 is 0 Å². The SMILES string of the molecule is CCNC(=NCc1ccc(CN2CC(C)OC(C)C2)cc1)NCC(C)C. The largest absolute Gasteiger partial charge is 0.373 e. The zero-order valence-electron chi connectivity index (χ0n) is 17.1. The third kappa shape index (κ3) is 7.34. The van der Waals surface area contributed by atoms with Crippen molar-refractivity contribution in [1.82, 2.24) is 15.5 Å². The van der Waals surface area contributed by atoms with Crippen molar-refractivity contribution in [2.45, 2.75) is 59.9 Å². The van der Waals surface area contributed by atoms with E-state index in [0.717, 1.165) is 38.7 Å². The molecule has 1 fully saturated rings. The van der Waals surface area contributed by atoms with Crippen LogP contribution in [0.15, 0.2) is 29.3 Å². The number of ether oxygens (including phenoxy) is 1. The Morgan fingerprint density at radius 2 is 1.73 bits per heavy atom. The second-order valence-corrected chi connectivity index (χ2v) is 7.74. The van der Waals surface area contributed by atoms with Crippen molar-refractivity contribution < 1.29 is 4.74 Å². The summed E-state index contributed by atoms with van der Waals surface area (Å²) < 4.78 is 5.81. The van der Waals surface area contributed by atoms with Gasteiger partial charge in [-0.3, -0.25) is 4.90 Å². The van der Waals surface area contributed by atoms with E-state index in [4.69, 9.17) is 4.74 Å². The van der Waals surface area contributed by atoms with Gasteiger partial charge in [-0.15, -0.1) is 0 Å². The van der Waals surface area contributed by atoms with Crippen LogP contribution in [0, 0.1) is 5.92 Å². The number of morpholine rings is 1. The maximum absolute atomic E-state index is 5.81. The third-order valence-corrected chi connectivity index (χ3v) is 4.37. The van der Waals surface area contributed by atoms with Crippen LogP contribution in [-0.2, 0) is 17.8 Å². The summed E-state index contributed by atoms with van der Waals surface area (Å²) in [5.74, 6) is 1.49. The number of guanidine groups is 1. The average molecular weight is 361 g/mol. The zero-order valence-corrected chi connectivity index (χ0v) is 17.1. The van der Waals surface area contributed by atoms with Gasteiger partial charge in [-0.25, -0.2) is 4.99 Å². The van der Waals surface area contributed by atoms with Gasteiger partial charge in [-0.05, 0) is 37.8 Å². The first kappa shape index (κ1) is 20.7. The molecule has 1 heterocycles. The van der Waals surface area contributed by atoms with Gasteiger partial charge in [0.1, 0.15) is 0 Å². The minimum Gasteiger partial charge on any atom is -0.373 e. The summed E-state index contributed by atoms with van der Waals surface area (Å²) in [5.41, 5.74) is 2.59. The van der Waals surface area contributed by atoms with Crippen LogP contribution in [0.25, 0.3) is 0 Å².